The average Bonchev–Trinajstić information content (AvgIpc) is 2.44. The van der Waals surface area contributed by atoms with Crippen molar-refractivity contribution in [2.24, 2.45) is 0 Å². The Bertz CT molecular complexity index is 516. The lowest BCUT2D eigenvalue weighted by Gasteiger charge is -2.21. The molecule has 0 atom stereocenters. The number of halogens is 1. The van der Waals surface area contributed by atoms with Gasteiger partial charge in [-0.1, -0.05) is 0 Å². The van der Waals surface area contributed by atoms with Gasteiger partial charge < -0.3 is 4.90 Å². The van der Waals surface area contributed by atoms with Crippen molar-refractivity contribution in [1.29, 1.82) is 0 Å². The number of anilines is 1. The van der Waals surface area contributed by atoms with Gasteiger partial charge in [0.2, 0.25) is 0 Å². The highest BCUT2D eigenvalue weighted by Crippen LogP contribution is 2.21. The monoisotopic (exact) mass is 318 g/mol. The lowest BCUT2D eigenvalue weighted by atomic mass is 10.3. The van der Waals surface area contributed by atoms with Crippen molar-refractivity contribution in [3.8, 4) is 0 Å². The molecule has 1 aromatic heterocycles. The minimum Gasteiger partial charge on any atom is -0.356 e. The van der Waals surface area contributed by atoms with E-state index in [9.17, 15) is 8.42 Å². The third kappa shape index (κ3) is 3.19. The molecule has 1 aliphatic heterocycles. The summed E-state index contributed by atoms with van der Waals surface area (Å²) in [5.74, 6) is 1.38. The van der Waals surface area contributed by atoms with Gasteiger partial charge in [0.1, 0.15) is 5.82 Å². The molecule has 4 nitrogen and oxygen atoms in total. The molecule has 0 amide bonds. The van der Waals surface area contributed by atoms with E-state index in [1.807, 2.05) is 17.9 Å². The van der Waals surface area contributed by atoms with E-state index in [1.165, 1.54) is 0 Å². The fourth-order valence-corrected chi connectivity index (χ4v) is 3.35. The Morgan fingerprint density at radius 1 is 1.35 bits per heavy atom. The van der Waals surface area contributed by atoms with Crippen LogP contribution in [0.2, 0.25) is 0 Å². The standard InChI is InChI=1S/C11H15BrN2O2S/c1-9-7-11(13-8-10(9)12)14-3-2-5-17(15,16)6-4-14/h7-8H,2-6H2,1H3. The van der Waals surface area contributed by atoms with E-state index >= 15 is 0 Å². The summed E-state index contributed by atoms with van der Waals surface area (Å²) in [5, 5.41) is 0. The predicted octanol–water partition coefficient (Wildman–Crippen LogP) is 1.78. The molecule has 1 fully saturated rings. The first-order chi connectivity index (χ1) is 7.98. The highest BCUT2D eigenvalue weighted by molar-refractivity contribution is 9.10. The van der Waals surface area contributed by atoms with E-state index in [0.29, 0.717) is 18.7 Å². The summed E-state index contributed by atoms with van der Waals surface area (Å²) >= 11 is 3.41. The molecule has 0 aliphatic carbocycles. The van der Waals surface area contributed by atoms with Crippen LogP contribution in [-0.2, 0) is 9.84 Å². The summed E-state index contributed by atoms with van der Waals surface area (Å²) in [7, 11) is -2.86. The molecule has 94 valence electrons. The van der Waals surface area contributed by atoms with Gasteiger partial charge in [0, 0.05) is 23.8 Å². The van der Waals surface area contributed by atoms with Crippen molar-refractivity contribution in [2.45, 2.75) is 13.3 Å². The van der Waals surface area contributed by atoms with Crippen LogP contribution in [0.25, 0.3) is 0 Å². The Balaban J connectivity index is 2.20. The van der Waals surface area contributed by atoms with Gasteiger partial charge in [-0.25, -0.2) is 13.4 Å². The maximum atomic E-state index is 11.5. The van der Waals surface area contributed by atoms with Gasteiger partial charge in [-0.05, 0) is 40.9 Å². The summed E-state index contributed by atoms with van der Waals surface area (Å²) in [4.78, 5) is 6.38. The molecule has 1 aromatic rings. The van der Waals surface area contributed by atoms with Gasteiger partial charge in [-0.2, -0.15) is 0 Å². The van der Waals surface area contributed by atoms with Gasteiger partial charge in [0.05, 0.1) is 11.5 Å². The molecule has 0 radical (unpaired) electrons. The molecule has 6 heteroatoms. The van der Waals surface area contributed by atoms with Gasteiger partial charge in [0.25, 0.3) is 0 Å². The maximum Gasteiger partial charge on any atom is 0.152 e. The zero-order valence-corrected chi connectivity index (χ0v) is 12.1. The van der Waals surface area contributed by atoms with Crippen LogP contribution < -0.4 is 4.90 Å². The second-order valence-electron chi connectivity index (χ2n) is 4.28. The molecule has 0 spiro atoms. The molecular weight excluding hydrogens is 304 g/mol. The zero-order chi connectivity index (χ0) is 12.5. The van der Waals surface area contributed by atoms with Gasteiger partial charge in [-0.3, -0.25) is 0 Å². The Morgan fingerprint density at radius 2 is 2.12 bits per heavy atom. The van der Waals surface area contributed by atoms with Crippen LogP contribution in [0, 0.1) is 6.92 Å². The molecule has 0 aromatic carbocycles. The van der Waals surface area contributed by atoms with Crippen molar-refractivity contribution in [3.63, 3.8) is 0 Å². The summed E-state index contributed by atoms with van der Waals surface area (Å²) < 4.78 is 24.0. The number of aryl methyl sites for hydroxylation is 1. The van der Waals surface area contributed by atoms with E-state index in [1.54, 1.807) is 6.20 Å². The molecule has 0 bridgehead atoms. The van der Waals surface area contributed by atoms with Crippen molar-refractivity contribution in [1.82, 2.24) is 4.98 Å². The molecule has 0 saturated carbocycles. The van der Waals surface area contributed by atoms with Crippen LogP contribution in [0.4, 0.5) is 5.82 Å². The minimum absolute atomic E-state index is 0.226. The quantitative estimate of drug-likeness (QED) is 0.792. The highest BCUT2D eigenvalue weighted by Gasteiger charge is 2.20. The Hall–Kier alpha value is -0.620. The van der Waals surface area contributed by atoms with Crippen molar-refractivity contribution in [3.05, 3.63) is 22.3 Å². The van der Waals surface area contributed by atoms with E-state index < -0.39 is 9.84 Å². The second-order valence-corrected chi connectivity index (χ2v) is 7.44. The zero-order valence-electron chi connectivity index (χ0n) is 9.69. The number of hydrogen-bond donors (Lipinski definition) is 0. The Kier molecular flexibility index (Phi) is 3.73. The largest absolute Gasteiger partial charge is 0.356 e. The highest BCUT2D eigenvalue weighted by atomic mass is 79.9. The number of hydrogen-bond acceptors (Lipinski definition) is 4. The van der Waals surface area contributed by atoms with E-state index in [0.717, 1.165) is 22.4 Å². The van der Waals surface area contributed by atoms with E-state index in [4.69, 9.17) is 0 Å². The molecule has 1 saturated heterocycles. The average molecular weight is 319 g/mol. The van der Waals surface area contributed by atoms with Crippen LogP contribution in [0.15, 0.2) is 16.7 Å². The van der Waals surface area contributed by atoms with Gasteiger partial charge in [0.15, 0.2) is 9.84 Å². The third-order valence-electron chi connectivity index (χ3n) is 2.91. The summed E-state index contributed by atoms with van der Waals surface area (Å²) in [6.45, 7) is 3.30. The molecule has 17 heavy (non-hydrogen) atoms. The molecule has 2 rings (SSSR count). The van der Waals surface area contributed by atoms with E-state index in [2.05, 4.69) is 20.9 Å². The van der Waals surface area contributed by atoms with E-state index in [-0.39, 0.29) is 5.75 Å². The van der Waals surface area contributed by atoms with Crippen LogP contribution in [0.3, 0.4) is 0 Å². The maximum absolute atomic E-state index is 11.5. The third-order valence-corrected chi connectivity index (χ3v) is 5.46. The first-order valence-electron chi connectivity index (χ1n) is 5.55. The topological polar surface area (TPSA) is 50.3 Å². The molecule has 0 unspecified atom stereocenters. The Morgan fingerprint density at radius 3 is 2.82 bits per heavy atom. The fourth-order valence-electron chi connectivity index (χ4n) is 1.86. The lowest BCUT2D eigenvalue weighted by Crippen LogP contribution is -2.27. The molecule has 2 heterocycles. The molecular formula is C11H15BrN2O2S. The SMILES string of the molecule is Cc1cc(N2CCCS(=O)(=O)CC2)ncc1Br. The predicted molar refractivity (Wildman–Crippen MR) is 72.2 cm³/mol. The van der Waals surface area contributed by atoms with Crippen LogP contribution >= 0.6 is 15.9 Å². The smallest absolute Gasteiger partial charge is 0.152 e. The van der Waals surface area contributed by atoms with Crippen molar-refractivity contribution in [2.75, 3.05) is 29.5 Å². The molecule has 0 N–H and O–H groups in total. The number of nitrogens with zero attached hydrogens (tertiary/aromatic N) is 2. The first-order valence-corrected chi connectivity index (χ1v) is 8.17. The summed E-state index contributed by atoms with van der Waals surface area (Å²) in [6.07, 6.45) is 2.45. The van der Waals surface area contributed by atoms with Gasteiger partial charge in [-0.15, -0.1) is 0 Å². The van der Waals surface area contributed by atoms with Crippen LogP contribution in [0.1, 0.15) is 12.0 Å². The number of sulfone groups is 1. The fraction of sp³-hybridized carbons (Fsp3) is 0.545. The minimum atomic E-state index is -2.86. The summed E-state index contributed by atoms with van der Waals surface area (Å²) in [6, 6.07) is 1.99. The second kappa shape index (κ2) is 4.94. The van der Waals surface area contributed by atoms with Crippen molar-refractivity contribution >= 4 is 31.6 Å². The first kappa shape index (κ1) is 12.8. The Labute approximate surface area is 110 Å². The lowest BCUT2D eigenvalue weighted by molar-refractivity contribution is 0.597. The summed E-state index contributed by atoms with van der Waals surface area (Å²) in [5.41, 5.74) is 1.11. The number of pyridine rings is 1. The van der Waals surface area contributed by atoms with Crippen LogP contribution in [0.5, 0.6) is 0 Å². The van der Waals surface area contributed by atoms with Crippen LogP contribution in [-0.4, -0.2) is 38.0 Å². The number of rotatable bonds is 1. The number of aromatic nitrogens is 1. The molecule has 1 aliphatic rings. The van der Waals surface area contributed by atoms with Crippen molar-refractivity contribution < 1.29 is 8.42 Å². The normalized spacial score (nSPS) is 20.0. The van der Waals surface area contributed by atoms with Gasteiger partial charge >= 0.3 is 0 Å².